The Balaban J connectivity index is 0.000000763. The summed E-state index contributed by atoms with van der Waals surface area (Å²) < 4.78 is 5.13. The molecule has 0 saturated heterocycles. The van der Waals surface area contributed by atoms with Crippen molar-refractivity contribution >= 4 is 29.4 Å². The van der Waals surface area contributed by atoms with Gasteiger partial charge in [0, 0.05) is 11.4 Å². The van der Waals surface area contributed by atoms with Crippen molar-refractivity contribution in [2.75, 3.05) is 30.5 Å². The zero-order valence-corrected chi connectivity index (χ0v) is 14.0. The lowest BCUT2D eigenvalue weighted by Crippen LogP contribution is -2.29. The second kappa shape index (κ2) is 11.9. The van der Waals surface area contributed by atoms with E-state index < -0.39 is 5.97 Å². The number of nitrogens with two attached hydrogens (primary N) is 1. The number of anilines is 1. The molecule has 7 heteroatoms. The number of carbonyl (C=O) groups excluding carboxylic acids is 1. The van der Waals surface area contributed by atoms with Gasteiger partial charge >= 0.3 is 11.9 Å². The van der Waals surface area contributed by atoms with Crippen molar-refractivity contribution in [3.05, 3.63) is 29.8 Å². The molecule has 0 bridgehead atoms. The molecule has 1 atom stereocenters. The summed E-state index contributed by atoms with van der Waals surface area (Å²) in [4.78, 5) is 20.9. The van der Waals surface area contributed by atoms with Gasteiger partial charge in [0.25, 0.3) is 0 Å². The normalized spacial score (nSPS) is 10.9. The van der Waals surface area contributed by atoms with E-state index in [1.54, 1.807) is 11.8 Å². The molecule has 6 nitrogen and oxygen atoms in total. The number of hydrogen-bond acceptors (Lipinski definition) is 6. The maximum Gasteiger partial charge on any atom is 0.328 e. The number of carboxylic acid groups (broad SMARTS) is 1. The highest BCUT2D eigenvalue weighted by atomic mass is 32.2. The molecule has 0 aliphatic rings. The minimum Gasteiger partial charge on any atom is -0.480 e. The minimum atomic E-state index is -0.968. The number of esters is 1. The van der Waals surface area contributed by atoms with Gasteiger partial charge in [-0.05, 0) is 31.7 Å². The average Bonchev–Trinajstić information content (AvgIpc) is 2.50. The van der Waals surface area contributed by atoms with E-state index in [0.717, 1.165) is 17.0 Å². The number of thioether (sulfide) groups is 1. The van der Waals surface area contributed by atoms with Gasteiger partial charge in [0.1, 0.15) is 12.6 Å². The van der Waals surface area contributed by atoms with Crippen LogP contribution in [0.2, 0.25) is 0 Å². The summed E-state index contributed by atoms with van der Waals surface area (Å²) in [7, 11) is 0. The Hall–Kier alpha value is -1.73. The molecule has 0 aromatic heterocycles. The number of ether oxygens (including phenoxy) is 1. The van der Waals surface area contributed by atoms with Crippen molar-refractivity contribution in [3.8, 4) is 0 Å². The van der Waals surface area contributed by atoms with Crippen LogP contribution < -0.4 is 11.1 Å². The van der Waals surface area contributed by atoms with Crippen LogP contribution in [0.25, 0.3) is 0 Å². The smallest absolute Gasteiger partial charge is 0.328 e. The summed E-state index contributed by atoms with van der Waals surface area (Å²) in [5, 5.41) is 10.8. The molecule has 0 amide bonds. The van der Waals surface area contributed by atoms with Crippen molar-refractivity contribution in [2.24, 2.45) is 5.73 Å². The molecule has 0 unspecified atom stereocenters. The number of carbonyl (C=O) groups is 2. The van der Waals surface area contributed by atoms with Crippen LogP contribution in [0.4, 0.5) is 5.69 Å². The number of rotatable bonds is 7. The van der Waals surface area contributed by atoms with Crippen LogP contribution in [-0.4, -0.2) is 48.2 Å². The molecule has 0 saturated carbocycles. The van der Waals surface area contributed by atoms with Crippen LogP contribution >= 0.6 is 11.8 Å². The van der Waals surface area contributed by atoms with Crippen molar-refractivity contribution in [2.45, 2.75) is 19.9 Å². The molecule has 1 rings (SSSR count). The van der Waals surface area contributed by atoms with E-state index in [2.05, 4.69) is 11.1 Å². The molecular weight excluding hydrogens is 304 g/mol. The van der Waals surface area contributed by atoms with Gasteiger partial charge in [-0.1, -0.05) is 18.2 Å². The van der Waals surface area contributed by atoms with Gasteiger partial charge in [-0.3, -0.25) is 4.79 Å². The molecule has 1 aromatic rings. The highest BCUT2D eigenvalue weighted by Gasteiger charge is 2.14. The number of nitrogens with one attached hydrogen (secondary N) is 1. The molecular formula is C15H24N2O4S. The van der Waals surface area contributed by atoms with Gasteiger partial charge < -0.3 is 20.9 Å². The van der Waals surface area contributed by atoms with E-state index in [0.29, 0.717) is 6.61 Å². The van der Waals surface area contributed by atoms with Gasteiger partial charge in [-0.2, -0.15) is 11.8 Å². The van der Waals surface area contributed by atoms with E-state index in [1.165, 1.54) is 0 Å². The maximum absolute atomic E-state index is 11.6. The van der Waals surface area contributed by atoms with Gasteiger partial charge in [-0.25, -0.2) is 4.79 Å². The predicted molar refractivity (Wildman–Crippen MR) is 90.3 cm³/mol. The molecule has 0 aliphatic carbocycles. The lowest BCUT2D eigenvalue weighted by molar-refractivity contribution is -0.143. The summed E-state index contributed by atoms with van der Waals surface area (Å²) in [5.74, 6) is -0.338. The number of carboxylic acids is 1. The van der Waals surface area contributed by atoms with E-state index in [9.17, 15) is 9.59 Å². The first-order valence-electron chi connectivity index (χ1n) is 6.82. The molecule has 0 fully saturated rings. The third kappa shape index (κ3) is 9.25. The van der Waals surface area contributed by atoms with Crippen LogP contribution in [0.5, 0.6) is 0 Å². The Morgan fingerprint density at radius 3 is 2.50 bits per heavy atom. The zero-order chi connectivity index (χ0) is 17.0. The number of aryl methyl sites for hydroxylation is 1. The molecule has 4 N–H and O–H groups in total. The number of hydrogen-bond donors (Lipinski definition) is 3. The Bertz CT molecular complexity index is 469. The Morgan fingerprint density at radius 1 is 1.41 bits per heavy atom. The zero-order valence-electron chi connectivity index (χ0n) is 13.2. The number of aliphatic carboxylic acids is 1. The molecule has 0 spiro atoms. The van der Waals surface area contributed by atoms with E-state index in [1.807, 2.05) is 44.4 Å². The quantitative estimate of drug-likeness (QED) is 0.517. The molecule has 22 heavy (non-hydrogen) atoms. The fourth-order valence-electron chi connectivity index (χ4n) is 1.38. The molecule has 0 heterocycles. The van der Waals surface area contributed by atoms with Crippen molar-refractivity contribution in [1.82, 2.24) is 0 Å². The molecule has 0 aliphatic heterocycles. The molecule has 0 radical (unpaired) electrons. The first-order valence-corrected chi connectivity index (χ1v) is 8.21. The molecule has 1 aromatic carbocycles. The van der Waals surface area contributed by atoms with Gasteiger partial charge in [-0.15, -0.1) is 0 Å². The van der Waals surface area contributed by atoms with E-state index in [4.69, 9.17) is 9.84 Å². The van der Waals surface area contributed by atoms with E-state index in [-0.39, 0.29) is 18.6 Å². The standard InChI is InChI=1S/C13H19NO2S.C2H5NO2/c1-10-6-4-5-7-12(10)14-11(2)13(15)16-8-9-17-3;3-1-2(4)5/h4-7,11,14H,8-9H2,1-3H3;1,3H2,(H,4,5)/t11-;/m0./s1. The third-order valence-corrected chi connectivity index (χ3v) is 3.15. The third-order valence-electron chi connectivity index (χ3n) is 2.58. The van der Waals surface area contributed by atoms with E-state index >= 15 is 0 Å². The van der Waals surface area contributed by atoms with Crippen molar-refractivity contribution in [3.63, 3.8) is 0 Å². The predicted octanol–water partition coefficient (Wildman–Crippen LogP) is 1.73. The average molecular weight is 328 g/mol. The summed E-state index contributed by atoms with van der Waals surface area (Å²) in [6.07, 6.45) is 1.99. The first-order chi connectivity index (χ1) is 10.4. The van der Waals surface area contributed by atoms with Crippen molar-refractivity contribution in [1.29, 1.82) is 0 Å². The lowest BCUT2D eigenvalue weighted by Gasteiger charge is -2.15. The van der Waals surface area contributed by atoms with Crippen LogP contribution in [0.3, 0.4) is 0 Å². The van der Waals surface area contributed by atoms with Gasteiger partial charge in [0.05, 0.1) is 6.54 Å². The largest absolute Gasteiger partial charge is 0.480 e. The second-order valence-corrected chi connectivity index (χ2v) is 5.42. The topological polar surface area (TPSA) is 102 Å². The Kier molecular flexibility index (Phi) is 10.9. The van der Waals surface area contributed by atoms with Gasteiger partial charge in [0.15, 0.2) is 0 Å². The first kappa shape index (κ1) is 20.3. The highest BCUT2D eigenvalue weighted by molar-refractivity contribution is 7.98. The Labute approximate surface area is 135 Å². The SMILES string of the molecule is CSCCOC(=O)[C@H](C)Nc1ccccc1C.NCC(=O)O. The summed E-state index contributed by atoms with van der Waals surface area (Å²) in [5.41, 5.74) is 6.67. The minimum absolute atomic E-state index is 0.206. The van der Waals surface area contributed by atoms with Crippen LogP contribution in [0.1, 0.15) is 12.5 Å². The monoisotopic (exact) mass is 328 g/mol. The number of benzene rings is 1. The fraction of sp³-hybridized carbons (Fsp3) is 0.467. The number of para-hydroxylation sites is 1. The molecule has 124 valence electrons. The lowest BCUT2D eigenvalue weighted by atomic mass is 10.2. The summed E-state index contributed by atoms with van der Waals surface area (Å²) >= 11 is 1.66. The van der Waals surface area contributed by atoms with Crippen molar-refractivity contribution < 1.29 is 19.4 Å². The van der Waals surface area contributed by atoms with Crippen LogP contribution in [-0.2, 0) is 14.3 Å². The second-order valence-electron chi connectivity index (χ2n) is 4.44. The van der Waals surface area contributed by atoms with Crippen LogP contribution in [0.15, 0.2) is 24.3 Å². The summed E-state index contributed by atoms with van der Waals surface area (Å²) in [6.45, 7) is 4.02. The summed E-state index contributed by atoms with van der Waals surface area (Å²) in [6, 6.07) is 7.57. The fourth-order valence-corrected chi connectivity index (χ4v) is 1.63. The maximum atomic E-state index is 11.6. The Morgan fingerprint density at radius 2 is 2.00 bits per heavy atom. The van der Waals surface area contributed by atoms with Gasteiger partial charge in [0.2, 0.25) is 0 Å². The highest BCUT2D eigenvalue weighted by Crippen LogP contribution is 2.14. The van der Waals surface area contributed by atoms with Crippen LogP contribution in [0, 0.1) is 6.92 Å².